The third kappa shape index (κ3) is 3.25. The number of hydrogen-bond acceptors (Lipinski definition) is 3. The number of hydrogen-bond donors (Lipinski definition) is 1. The lowest BCUT2D eigenvalue weighted by atomic mass is 10.0. The van der Waals surface area contributed by atoms with E-state index in [-0.39, 0.29) is 5.91 Å². The van der Waals surface area contributed by atoms with E-state index in [0.29, 0.717) is 41.4 Å². The summed E-state index contributed by atoms with van der Waals surface area (Å²) in [5.74, 6) is 1.04. The molecule has 0 radical (unpaired) electrons. The lowest BCUT2D eigenvalue weighted by molar-refractivity contribution is 0.0680. The highest BCUT2D eigenvalue weighted by Gasteiger charge is 2.27. The third-order valence-corrected chi connectivity index (χ3v) is 3.92. The maximum Gasteiger partial charge on any atom is 0.257 e. The van der Waals surface area contributed by atoms with Crippen LogP contribution in [0.3, 0.4) is 0 Å². The Morgan fingerprint density at radius 3 is 2.90 bits per heavy atom. The van der Waals surface area contributed by atoms with E-state index in [4.69, 9.17) is 16.3 Å². The van der Waals surface area contributed by atoms with Gasteiger partial charge < -0.3 is 15.0 Å². The zero-order valence-electron chi connectivity index (χ0n) is 12.1. The number of carbonyl (C=O) groups is 1. The van der Waals surface area contributed by atoms with Crippen LogP contribution in [0.4, 0.5) is 0 Å². The maximum absolute atomic E-state index is 12.7. The molecule has 0 spiro atoms. The molecule has 0 aromatic heterocycles. The van der Waals surface area contributed by atoms with Crippen molar-refractivity contribution in [1.29, 1.82) is 0 Å². The van der Waals surface area contributed by atoms with Crippen molar-refractivity contribution in [2.45, 2.75) is 19.9 Å². The molecule has 4 nitrogen and oxygen atoms in total. The Hall–Kier alpha value is -1.26. The summed E-state index contributed by atoms with van der Waals surface area (Å²) in [7, 11) is 1.56. The average Bonchev–Trinajstić information content (AvgIpc) is 2.46. The minimum Gasteiger partial charge on any atom is -0.496 e. The number of halogens is 1. The molecule has 1 aromatic rings. The molecule has 0 saturated carbocycles. The highest BCUT2D eigenvalue weighted by Crippen LogP contribution is 2.24. The number of benzene rings is 1. The first-order valence-electron chi connectivity index (χ1n) is 6.89. The fraction of sp³-hybridized carbons (Fsp3) is 0.533. The van der Waals surface area contributed by atoms with Crippen LogP contribution in [0, 0.1) is 5.92 Å². The molecule has 1 aliphatic heterocycles. The van der Waals surface area contributed by atoms with Crippen molar-refractivity contribution in [3.63, 3.8) is 0 Å². The van der Waals surface area contributed by atoms with Gasteiger partial charge in [-0.2, -0.15) is 0 Å². The number of rotatable bonds is 3. The lowest BCUT2D eigenvalue weighted by Crippen LogP contribution is -2.54. The molecule has 1 N–H and O–H groups in total. The van der Waals surface area contributed by atoms with Gasteiger partial charge in [-0.3, -0.25) is 4.79 Å². The quantitative estimate of drug-likeness (QED) is 0.931. The average molecular weight is 297 g/mol. The predicted molar refractivity (Wildman–Crippen MR) is 80.5 cm³/mol. The second-order valence-corrected chi connectivity index (χ2v) is 5.84. The largest absolute Gasteiger partial charge is 0.496 e. The molecule has 5 heteroatoms. The zero-order chi connectivity index (χ0) is 14.7. The fourth-order valence-electron chi connectivity index (χ4n) is 2.43. The van der Waals surface area contributed by atoms with Crippen molar-refractivity contribution in [2.75, 3.05) is 26.7 Å². The number of ether oxygens (including phenoxy) is 1. The van der Waals surface area contributed by atoms with Gasteiger partial charge in [0.2, 0.25) is 0 Å². The molecule has 1 amide bonds. The highest BCUT2D eigenvalue weighted by atomic mass is 35.5. The van der Waals surface area contributed by atoms with Crippen LogP contribution in [0.5, 0.6) is 5.75 Å². The van der Waals surface area contributed by atoms with Gasteiger partial charge in [-0.05, 0) is 24.1 Å². The van der Waals surface area contributed by atoms with Crippen LogP contribution in [0.1, 0.15) is 24.2 Å². The van der Waals surface area contributed by atoms with Crippen LogP contribution in [-0.4, -0.2) is 43.6 Å². The molecule has 0 bridgehead atoms. The molecule has 0 aliphatic carbocycles. The third-order valence-electron chi connectivity index (χ3n) is 3.69. The summed E-state index contributed by atoms with van der Waals surface area (Å²) in [5.41, 5.74) is 0.532. The maximum atomic E-state index is 12.7. The number of nitrogens with one attached hydrogen (secondary N) is 1. The first kappa shape index (κ1) is 15.1. The van der Waals surface area contributed by atoms with Crippen molar-refractivity contribution >= 4 is 17.5 Å². The minimum atomic E-state index is -0.0171. The Bertz CT molecular complexity index is 491. The molecule has 20 heavy (non-hydrogen) atoms. The Kier molecular flexibility index (Phi) is 4.89. The van der Waals surface area contributed by atoms with E-state index in [2.05, 4.69) is 19.2 Å². The molecule has 1 saturated heterocycles. The smallest absolute Gasteiger partial charge is 0.257 e. The van der Waals surface area contributed by atoms with Crippen LogP contribution in [0.2, 0.25) is 5.02 Å². The van der Waals surface area contributed by atoms with E-state index >= 15 is 0 Å². The van der Waals surface area contributed by atoms with Gasteiger partial charge >= 0.3 is 0 Å². The minimum absolute atomic E-state index is 0.0171. The first-order valence-corrected chi connectivity index (χ1v) is 7.27. The molecule has 1 aliphatic rings. The van der Waals surface area contributed by atoms with Gasteiger partial charge in [-0.15, -0.1) is 0 Å². The molecule has 2 rings (SSSR count). The van der Waals surface area contributed by atoms with E-state index in [1.54, 1.807) is 25.3 Å². The number of carbonyl (C=O) groups excluding carboxylic acids is 1. The van der Waals surface area contributed by atoms with Crippen LogP contribution in [0.25, 0.3) is 0 Å². The van der Waals surface area contributed by atoms with E-state index in [0.717, 1.165) is 6.54 Å². The Balaban J connectivity index is 2.20. The van der Waals surface area contributed by atoms with E-state index < -0.39 is 0 Å². The van der Waals surface area contributed by atoms with Crippen molar-refractivity contribution in [3.05, 3.63) is 28.8 Å². The normalized spacial score (nSPS) is 19.2. The summed E-state index contributed by atoms with van der Waals surface area (Å²) in [6, 6.07) is 5.47. The Morgan fingerprint density at radius 1 is 1.50 bits per heavy atom. The van der Waals surface area contributed by atoms with Gasteiger partial charge in [0.1, 0.15) is 5.75 Å². The summed E-state index contributed by atoms with van der Waals surface area (Å²) in [5, 5.41) is 3.99. The monoisotopic (exact) mass is 296 g/mol. The van der Waals surface area contributed by atoms with Crippen molar-refractivity contribution < 1.29 is 9.53 Å². The van der Waals surface area contributed by atoms with Crippen LogP contribution >= 0.6 is 11.6 Å². The van der Waals surface area contributed by atoms with Gasteiger partial charge in [0.15, 0.2) is 0 Å². The van der Waals surface area contributed by atoms with Crippen molar-refractivity contribution in [1.82, 2.24) is 10.2 Å². The zero-order valence-corrected chi connectivity index (χ0v) is 12.9. The summed E-state index contributed by atoms with van der Waals surface area (Å²) >= 11 is 6.00. The Morgan fingerprint density at radius 2 is 2.25 bits per heavy atom. The molecular formula is C15H21ClN2O2. The second kappa shape index (κ2) is 6.46. The molecule has 110 valence electrons. The fourth-order valence-corrected chi connectivity index (χ4v) is 2.60. The summed E-state index contributed by atoms with van der Waals surface area (Å²) in [4.78, 5) is 14.5. The van der Waals surface area contributed by atoms with Crippen molar-refractivity contribution in [2.24, 2.45) is 5.92 Å². The molecule has 1 atom stereocenters. The predicted octanol–water partition coefficient (Wildman–Crippen LogP) is 2.42. The van der Waals surface area contributed by atoms with Crippen molar-refractivity contribution in [3.8, 4) is 5.75 Å². The van der Waals surface area contributed by atoms with Crippen LogP contribution in [0.15, 0.2) is 18.2 Å². The van der Waals surface area contributed by atoms with Crippen LogP contribution < -0.4 is 10.1 Å². The number of methoxy groups -OCH3 is 1. The van der Waals surface area contributed by atoms with Gasteiger partial charge in [0.25, 0.3) is 5.91 Å². The second-order valence-electron chi connectivity index (χ2n) is 5.40. The van der Waals surface area contributed by atoms with E-state index in [9.17, 15) is 4.79 Å². The number of amides is 1. The highest BCUT2D eigenvalue weighted by molar-refractivity contribution is 6.31. The summed E-state index contributed by atoms with van der Waals surface area (Å²) < 4.78 is 5.26. The molecular weight excluding hydrogens is 276 g/mol. The van der Waals surface area contributed by atoms with E-state index in [1.165, 1.54) is 0 Å². The molecule has 1 heterocycles. The van der Waals surface area contributed by atoms with Gasteiger partial charge in [-0.25, -0.2) is 0 Å². The molecule has 1 unspecified atom stereocenters. The summed E-state index contributed by atoms with van der Waals surface area (Å²) in [6.07, 6.45) is 0. The molecule has 1 aromatic carbocycles. The first-order chi connectivity index (χ1) is 9.52. The standard InChI is InChI=1S/C15H21ClN2O2/c1-10(2)13-9-18(7-6-17-13)15(19)12-8-11(16)4-5-14(12)20-3/h4-5,8,10,13,17H,6-7,9H2,1-3H3. The van der Waals surface area contributed by atoms with Gasteiger partial charge in [0, 0.05) is 30.7 Å². The Labute approximate surface area is 125 Å². The van der Waals surface area contributed by atoms with E-state index in [1.807, 2.05) is 4.90 Å². The van der Waals surface area contributed by atoms with Crippen LogP contribution in [-0.2, 0) is 0 Å². The number of piperazine rings is 1. The SMILES string of the molecule is COc1ccc(Cl)cc1C(=O)N1CCNC(C(C)C)C1. The topological polar surface area (TPSA) is 41.6 Å². The molecule has 1 fully saturated rings. The van der Waals surface area contributed by atoms with Gasteiger partial charge in [-0.1, -0.05) is 25.4 Å². The summed E-state index contributed by atoms with van der Waals surface area (Å²) in [6.45, 7) is 6.55. The van der Waals surface area contributed by atoms with Gasteiger partial charge in [0.05, 0.1) is 12.7 Å². The lowest BCUT2D eigenvalue weighted by Gasteiger charge is -2.36. The number of nitrogens with zero attached hydrogens (tertiary/aromatic N) is 1.